The lowest BCUT2D eigenvalue weighted by molar-refractivity contribution is -0.137. The van der Waals surface area contributed by atoms with E-state index in [4.69, 9.17) is 11.6 Å². The highest BCUT2D eigenvalue weighted by Crippen LogP contribution is 2.15. The molecule has 0 aromatic carbocycles. The van der Waals surface area contributed by atoms with Crippen molar-refractivity contribution in [1.29, 1.82) is 0 Å². The summed E-state index contributed by atoms with van der Waals surface area (Å²) in [7, 11) is 1.39. The normalized spacial score (nSPS) is 9.74. The van der Waals surface area contributed by atoms with Crippen LogP contribution in [0.5, 0.6) is 0 Å². The molecule has 0 amide bonds. The number of alkyl halides is 1. The van der Waals surface area contributed by atoms with Crippen LogP contribution in [0.4, 0.5) is 0 Å². The van der Waals surface area contributed by atoms with Crippen LogP contribution in [0.3, 0.4) is 0 Å². The van der Waals surface area contributed by atoms with Crippen LogP contribution in [0.2, 0.25) is 0 Å². The summed E-state index contributed by atoms with van der Waals surface area (Å²) in [5, 5.41) is 0. The highest BCUT2D eigenvalue weighted by Gasteiger charge is 2.01. The molecule has 124 valence electrons. The van der Waals surface area contributed by atoms with Gasteiger partial charge in [0.25, 0.3) is 0 Å². The lowest BCUT2D eigenvalue weighted by Gasteiger charge is -2.00. The number of methoxy groups -OCH3 is 1. The number of carbonyl (C=O) groups excluding carboxylic acids is 1. The first-order valence-corrected chi connectivity index (χ1v) is 9.72. The summed E-state index contributed by atoms with van der Waals surface area (Å²) in [5.74, 6) is 1.47. The van der Waals surface area contributed by atoms with E-state index in [0.717, 1.165) is 25.8 Å². The van der Waals surface area contributed by atoms with Crippen molar-refractivity contribution in [3.8, 4) is 0 Å². The SMILES string of the molecule is COC(=O)CSCc1cncc(Br)c1.ClCc1cncc(Br)c1. The molecule has 0 unspecified atom stereocenters. The molecule has 2 rings (SSSR count). The summed E-state index contributed by atoms with van der Waals surface area (Å²) < 4.78 is 6.45. The van der Waals surface area contributed by atoms with E-state index in [0.29, 0.717) is 11.6 Å². The van der Waals surface area contributed by atoms with Crippen LogP contribution >= 0.6 is 55.2 Å². The van der Waals surface area contributed by atoms with Gasteiger partial charge in [0, 0.05) is 45.4 Å². The van der Waals surface area contributed by atoms with Crippen molar-refractivity contribution >= 4 is 61.2 Å². The van der Waals surface area contributed by atoms with E-state index >= 15 is 0 Å². The van der Waals surface area contributed by atoms with Crippen molar-refractivity contribution in [2.75, 3.05) is 12.9 Å². The molecule has 0 N–H and O–H groups in total. The van der Waals surface area contributed by atoms with Gasteiger partial charge in [-0.3, -0.25) is 14.8 Å². The van der Waals surface area contributed by atoms with Crippen LogP contribution in [-0.2, 0) is 21.2 Å². The second-order valence-corrected chi connectivity index (χ2v) is 7.31. The number of rotatable bonds is 5. The molecule has 0 radical (unpaired) electrons. The zero-order valence-electron chi connectivity index (χ0n) is 12.3. The van der Waals surface area contributed by atoms with Crippen LogP contribution in [0, 0.1) is 0 Å². The molecule has 2 aromatic rings. The fourth-order valence-electron chi connectivity index (χ4n) is 1.37. The molecule has 23 heavy (non-hydrogen) atoms. The molecule has 0 bridgehead atoms. The summed E-state index contributed by atoms with van der Waals surface area (Å²) in [6, 6.07) is 3.93. The Morgan fingerprint density at radius 1 is 1.13 bits per heavy atom. The van der Waals surface area contributed by atoms with E-state index in [1.807, 2.05) is 12.1 Å². The van der Waals surface area contributed by atoms with Gasteiger partial charge in [-0.1, -0.05) is 0 Å². The number of esters is 1. The molecule has 0 fully saturated rings. The lowest BCUT2D eigenvalue weighted by atomic mass is 10.3. The van der Waals surface area contributed by atoms with E-state index in [1.54, 1.807) is 24.8 Å². The third kappa shape index (κ3) is 9.30. The Kier molecular flexibility index (Phi) is 10.5. The maximum absolute atomic E-state index is 10.8. The average Bonchev–Trinajstić information content (AvgIpc) is 2.55. The Morgan fingerprint density at radius 2 is 1.70 bits per heavy atom. The van der Waals surface area contributed by atoms with Gasteiger partial charge in [0.15, 0.2) is 0 Å². The van der Waals surface area contributed by atoms with E-state index < -0.39 is 0 Å². The van der Waals surface area contributed by atoms with E-state index in [-0.39, 0.29) is 5.97 Å². The summed E-state index contributed by atoms with van der Waals surface area (Å²) >= 11 is 13.7. The number of carbonyl (C=O) groups is 1. The van der Waals surface area contributed by atoms with Gasteiger partial charge >= 0.3 is 5.97 Å². The summed E-state index contributed by atoms with van der Waals surface area (Å²) in [5.41, 5.74) is 2.12. The first kappa shape index (κ1) is 20.4. The lowest BCUT2D eigenvalue weighted by Crippen LogP contribution is -2.03. The van der Waals surface area contributed by atoms with Crippen LogP contribution in [0.1, 0.15) is 11.1 Å². The van der Waals surface area contributed by atoms with Crippen molar-refractivity contribution in [2.45, 2.75) is 11.6 Å². The number of nitrogens with zero attached hydrogens (tertiary/aromatic N) is 2. The molecule has 0 spiro atoms. The van der Waals surface area contributed by atoms with Gasteiger partial charge in [-0.15, -0.1) is 23.4 Å². The van der Waals surface area contributed by atoms with Crippen LogP contribution < -0.4 is 0 Å². The maximum atomic E-state index is 10.8. The van der Waals surface area contributed by atoms with Crippen molar-refractivity contribution in [1.82, 2.24) is 9.97 Å². The number of hydrogen-bond donors (Lipinski definition) is 0. The first-order valence-electron chi connectivity index (χ1n) is 6.44. The minimum absolute atomic E-state index is 0.196. The fourth-order valence-corrected chi connectivity index (χ4v) is 3.13. The summed E-state index contributed by atoms with van der Waals surface area (Å²) in [6.07, 6.45) is 7.00. The molecule has 0 saturated carbocycles. The zero-order valence-corrected chi connectivity index (χ0v) is 17.1. The predicted octanol–water partition coefficient (Wildman–Crippen LogP) is 4.83. The molecule has 2 aromatic heterocycles. The van der Waals surface area contributed by atoms with Crippen LogP contribution in [0.25, 0.3) is 0 Å². The van der Waals surface area contributed by atoms with Crippen molar-refractivity contribution in [3.05, 3.63) is 57.0 Å². The van der Waals surface area contributed by atoms with E-state index in [2.05, 4.69) is 46.6 Å². The number of hydrogen-bond acceptors (Lipinski definition) is 5. The Labute approximate surface area is 161 Å². The maximum Gasteiger partial charge on any atom is 0.315 e. The minimum Gasteiger partial charge on any atom is -0.468 e. The molecule has 2 heterocycles. The van der Waals surface area contributed by atoms with E-state index in [1.165, 1.54) is 18.9 Å². The van der Waals surface area contributed by atoms with E-state index in [9.17, 15) is 4.79 Å². The molecule has 0 aliphatic heterocycles. The average molecular weight is 483 g/mol. The number of pyridine rings is 2. The quantitative estimate of drug-likeness (QED) is 0.451. The van der Waals surface area contributed by atoms with Gasteiger partial charge in [0.2, 0.25) is 0 Å². The summed E-state index contributed by atoms with van der Waals surface area (Å²) in [4.78, 5) is 18.8. The van der Waals surface area contributed by atoms with Crippen molar-refractivity contribution in [3.63, 3.8) is 0 Å². The van der Waals surface area contributed by atoms with Gasteiger partial charge in [0.1, 0.15) is 0 Å². The molecule has 8 heteroatoms. The largest absolute Gasteiger partial charge is 0.468 e. The van der Waals surface area contributed by atoms with Gasteiger partial charge in [-0.25, -0.2) is 0 Å². The number of halogens is 3. The van der Waals surface area contributed by atoms with Crippen molar-refractivity contribution < 1.29 is 9.53 Å². The minimum atomic E-state index is -0.196. The number of ether oxygens (including phenoxy) is 1. The van der Waals surface area contributed by atoms with Crippen molar-refractivity contribution in [2.24, 2.45) is 0 Å². The fraction of sp³-hybridized carbons (Fsp3) is 0.267. The van der Waals surface area contributed by atoms with Gasteiger partial charge in [0.05, 0.1) is 12.9 Å². The van der Waals surface area contributed by atoms with Crippen LogP contribution in [0.15, 0.2) is 45.9 Å². The van der Waals surface area contributed by atoms with Gasteiger partial charge in [-0.05, 0) is 55.1 Å². The third-order valence-corrected chi connectivity index (χ3v) is 4.55. The molecule has 0 atom stereocenters. The molecule has 0 aliphatic carbocycles. The third-order valence-electron chi connectivity index (χ3n) is 2.39. The highest BCUT2D eigenvalue weighted by atomic mass is 79.9. The number of aromatic nitrogens is 2. The summed E-state index contributed by atoms with van der Waals surface area (Å²) in [6.45, 7) is 0. The Bertz CT molecular complexity index is 632. The van der Waals surface area contributed by atoms with Gasteiger partial charge < -0.3 is 4.74 Å². The van der Waals surface area contributed by atoms with Gasteiger partial charge in [-0.2, -0.15) is 0 Å². The molecular weight excluding hydrogens is 468 g/mol. The highest BCUT2D eigenvalue weighted by molar-refractivity contribution is 9.10. The topological polar surface area (TPSA) is 52.1 Å². The van der Waals surface area contributed by atoms with Crippen LogP contribution in [-0.4, -0.2) is 28.8 Å². The first-order chi connectivity index (χ1) is 11.0. The zero-order chi connectivity index (χ0) is 17.1. The molecular formula is C15H15Br2ClN2O2S. The second-order valence-electron chi connectivity index (χ2n) is 4.23. The molecule has 0 saturated heterocycles. The predicted molar refractivity (Wildman–Crippen MR) is 102 cm³/mol. The Morgan fingerprint density at radius 3 is 2.17 bits per heavy atom. The molecule has 4 nitrogen and oxygen atoms in total. The number of thioether (sulfide) groups is 1. The molecule has 0 aliphatic rings. The second kappa shape index (κ2) is 11.8. The monoisotopic (exact) mass is 480 g/mol. The smallest absolute Gasteiger partial charge is 0.315 e. The Hall–Kier alpha value is -0.630. The standard InChI is InChI=1S/C9H10BrNO2S.C6H5BrClN/c1-13-9(12)6-14-5-7-2-8(10)4-11-3-7;7-6-1-5(2-8)3-9-4-6/h2-4H,5-6H2,1H3;1,3-4H,2H2. The Balaban J connectivity index is 0.000000253.